The van der Waals surface area contributed by atoms with Gasteiger partial charge in [0.05, 0.1) is 0 Å². The van der Waals surface area contributed by atoms with E-state index in [2.05, 4.69) is 8.85 Å². The third-order valence-electron chi connectivity index (χ3n) is 1.35. The SMILES string of the molecule is CO[SiH2]OC.CO[Si](C)(OC)OC.[SiH3]Cl. The number of hydrogen-bond acceptors (Lipinski definition) is 5. The molecule has 0 rings (SSSR count). The molecule has 0 saturated carbocycles. The van der Waals surface area contributed by atoms with E-state index in [1.54, 1.807) is 35.5 Å². The topological polar surface area (TPSA) is 46.2 Å². The Morgan fingerprint density at radius 1 is 0.867 bits per heavy atom. The lowest BCUT2D eigenvalue weighted by Crippen LogP contribution is -2.38. The van der Waals surface area contributed by atoms with Crippen molar-refractivity contribution in [3.05, 3.63) is 0 Å². The molecule has 0 aromatic heterocycles. The number of hydrogen-bond donors (Lipinski definition) is 0. The Hall–Kier alpha value is 0.741. The molecule has 0 heterocycles. The summed E-state index contributed by atoms with van der Waals surface area (Å²) in [5, 5.41) is 0. The van der Waals surface area contributed by atoms with Crippen molar-refractivity contribution in [3.8, 4) is 0 Å². The summed E-state index contributed by atoms with van der Waals surface area (Å²) >= 11 is 4.78. The molecule has 0 aliphatic carbocycles. The molecule has 0 aliphatic heterocycles. The first-order valence-corrected chi connectivity index (χ1v) is 10.5. The smallest absolute Gasteiger partial charge is 0.402 e. The van der Waals surface area contributed by atoms with Gasteiger partial charge in [0, 0.05) is 42.1 Å². The standard InChI is InChI=1S/C4H12O3Si.C2H8O2Si.ClH3Si/c1-5-8(4,6-2)7-3;1-3-5-4-2;1-2/h1-4H3;5H2,1-2H3;2H3. The van der Waals surface area contributed by atoms with Gasteiger partial charge >= 0.3 is 18.8 Å². The first kappa shape index (κ1) is 21.1. The van der Waals surface area contributed by atoms with Crippen LogP contribution in [0.5, 0.6) is 0 Å². The maximum Gasteiger partial charge on any atom is 0.496 e. The highest BCUT2D eigenvalue weighted by Crippen LogP contribution is 2.02. The molecule has 0 bridgehead atoms. The second-order valence-corrected chi connectivity index (χ2v) is 6.51. The highest BCUT2D eigenvalue weighted by molar-refractivity contribution is 6.80. The Balaban J connectivity index is -0.000000177. The van der Waals surface area contributed by atoms with Gasteiger partial charge in [-0.1, -0.05) is 0 Å². The van der Waals surface area contributed by atoms with Crippen molar-refractivity contribution in [1.82, 2.24) is 0 Å². The summed E-state index contributed by atoms with van der Waals surface area (Å²) in [6.07, 6.45) is 0. The molecule has 0 fully saturated rings. The van der Waals surface area contributed by atoms with E-state index >= 15 is 0 Å². The lowest BCUT2D eigenvalue weighted by Gasteiger charge is -2.18. The zero-order valence-electron chi connectivity index (χ0n) is 10.6. The van der Waals surface area contributed by atoms with E-state index in [4.69, 9.17) is 24.4 Å². The Kier molecular flexibility index (Phi) is 24.1. The predicted molar refractivity (Wildman–Crippen MR) is 71.0 cm³/mol. The molecule has 0 N–H and O–H groups in total. The van der Waals surface area contributed by atoms with Gasteiger partial charge in [0.15, 0.2) is 0 Å². The Bertz CT molecular complexity index is 96.5. The molecule has 5 nitrogen and oxygen atoms in total. The molecule has 0 aromatic rings. The molecule has 0 unspecified atom stereocenters. The first-order chi connectivity index (χ1) is 7.10. The van der Waals surface area contributed by atoms with Gasteiger partial charge in [-0.15, -0.1) is 0 Å². The molecule has 0 spiro atoms. The summed E-state index contributed by atoms with van der Waals surface area (Å²) in [4.78, 5) is 0. The van der Waals surface area contributed by atoms with Crippen LogP contribution in [0.2, 0.25) is 6.55 Å². The molecular weight excluding hydrogens is 272 g/mol. The number of rotatable bonds is 5. The summed E-state index contributed by atoms with van der Waals surface area (Å²) in [7, 11) is 6.08. The lowest BCUT2D eigenvalue weighted by molar-refractivity contribution is 0.132. The molecule has 0 aliphatic rings. The van der Waals surface area contributed by atoms with Crippen LogP contribution in [-0.2, 0) is 22.1 Å². The van der Waals surface area contributed by atoms with Gasteiger partial charge in [-0.2, -0.15) is 11.1 Å². The quantitative estimate of drug-likeness (QED) is 0.495. The van der Waals surface area contributed by atoms with Gasteiger partial charge in [-0.25, -0.2) is 0 Å². The molecule has 0 atom stereocenters. The summed E-state index contributed by atoms with van der Waals surface area (Å²) in [5.41, 5.74) is 0. The third-order valence-corrected chi connectivity index (χ3v) is 4.04. The Labute approximate surface area is 104 Å². The van der Waals surface area contributed by atoms with Crippen LogP contribution in [0.4, 0.5) is 0 Å². The molecule has 96 valence electrons. The van der Waals surface area contributed by atoms with Gasteiger partial charge in [0.25, 0.3) is 0 Å². The number of halogens is 1. The van der Waals surface area contributed by atoms with Gasteiger partial charge in [0.1, 0.15) is 9.55 Å². The fourth-order valence-corrected chi connectivity index (χ4v) is 1.10. The van der Waals surface area contributed by atoms with E-state index in [1.807, 2.05) is 6.55 Å². The van der Waals surface area contributed by atoms with E-state index in [0.29, 0.717) is 0 Å². The maximum atomic E-state index is 4.93. The van der Waals surface area contributed by atoms with Gasteiger partial charge in [-0.05, 0) is 0 Å². The van der Waals surface area contributed by atoms with Crippen LogP contribution in [-0.4, -0.2) is 63.9 Å². The monoisotopic (exact) mass is 294 g/mol. The zero-order valence-corrected chi connectivity index (χ0v) is 15.8. The van der Waals surface area contributed by atoms with E-state index in [1.165, 1.54) is 0 Å². The second-order valence-electron chi connectivity index (χ2n) is 2.17. The summed E-state index contributed by atoms with van der Waals surface area (Å²) in [6.45, 7) is 1.83. The van der Waals surface area contributed by atoms with Crippen molar-refractivity contribution in [2.75, 3.05) is 35.5 Å². The van der Waals surface area contributed by atoms with Crippen LogP contribution in [0, 0.1) is 0 Å². The molecule has 15 heavy (non-hydrogen) atoms. The van der Waals surface area contributed by atoms with Crippen LogP contribution >= 0.6 is 11.1 Å². The zero-order chi connectivity index (χ0) is 12.7. The summed E-state index contributed by atoms with van der Waals surface area (Å²) in [5.74, 6) is 0. The fourth-order valence-electron chi connectivity index (χ4n) is 0.368. The van der Waals surface area contributed by atoms with Crippen LogP contribution in [0.1, 0.15) is 0 Å². The summed E-state index contributed by atoms with van der Waals surface area (Å²) in [6, 6.07) is 0. The molecule has 0 amide bonds. The van der Waals surface area contributed by atoms with E-state index in [-0.39, 0.29) is 0 Å². The fraction of sp³-hybridized carbons (Fsp3) is 1.00. The molecule has 0 saturated heterocycles. The minimum Gasteiger partial charge on any atom is -0.402 e. The minimum absolute atomic E-state index is 0.568. The van der Waals surface area contributed by atoms with Crippen molar-refractivity contribution in [3.63, 3.8) is 0 Å². The lowest BCUT2D eigenvalue weighted by atomic mass is 11.8. The van der Waals surface area contributed by atoms with Crippen LogP contribution in [0.25, 0.3) is 0 Å². The molecule has 9 heteroatoms. The van der Waals surface area contributed by atoms with Crippen LogP contribution < -0.4 is 0 Å². The van der Waals surface area contributed by atoms with Crippen LogP contribution in [0.3, 0.4) is 0 Å². The van der Waals surface area contributed by atoms with Crippen LogP contribution in [0.15, 0.2) is 0 Å². The largest absolute Gasteiger partial charge is 0.496 e. The van der Waals surface area contributed by atoms with Crippen molar-refractivity contribution >= 4 is 39.4 Å². The van der Waals surface area contributed by atoms with Crippen molar-refractivity contribution in [2.24, 2.45) is 0 Å². The van der Waals surface area contributed by atoms with Gasteiger partial charge in [0.2, 0.25) is 0 Å². The van der Waals surface area contributed by atoms with Gasteiger partial charge < -0.3 is 22.1 Å². The summed E-state index contributed by atoms with van der Waals surface area (Å²) < 4.78 is 24.0. The Morgan fingerprint density at radius 3 is 1.13 bits per heavy atom. The molecular formula is C6H23ClO5Si3. The predicted octanol–water partition coefficient (Wildman–Crippen LogP) is -0.722. The normalized spacial score (nSPS) is 9.80. The molecule has 0 aromatic carbocycles. The Morgan fingerprint density at radius 2 is 1.13 bits per heavy atom. The van der Waals surface area contributed by atoms with Crippen molar-refractivity contribution < 1.29 is 22.1 Å². The average Bonchev–Trinajstić information content (AvgIpc) is 2.32. The maximum absolute atomic E-state index is 4.93. The third kappa shape index (κ3) is 17.4. The molecule has 0 radical (unpaired) electrons. The highest BCUT2D eigenvalue weighted by Gasteiger charge is 2.29. The minimum atomic E-state index is -2.17. The van der Waals surface area contributed by atoms with E-state index < -0.39 is 18.8 Å². The van der Waals surface area contributed by atoms with Crippen molar-refractivity contribution in [1.29, 1.82) is 0 Å². The second kappa shape index (κ2) is 17.1. The highest BCUT2D eigenvalue weighted by atomic mass is 35.6. The average molecular weight is 295 g/mol. The van der Waals surface area contributed by atoms with E-state index in [0.717, 1.165) is 9.55 Å². The van der Waals surface area contributed by atoms with E-state index in [9.17, 15) is 0 Å². The van der Waals surface area contributed by atoms with Gasteiger partial charge in [-0.3, -0.25) is 0 Å². The first-order valence-electron chi connectivity index (χ1n) is 4.11. The van der Waals surface area contributed by atoms with Crippen molar-refractivity contribution in [2.45, 2.75) is 6.55 Å².